The molecular weight excluding hydrogens is 434 g/mol. The number of hydrogen-bond acceptors (Lipinski definition) is 3. The topological polar surface area (TPSA) is 69.7 Å². The van der Waals surface area contributed by atoms with Gasteiger partial charge in [0.15, 0.2) is 0 Å². The Bertz CT molecular complexity index is 931. The first-order chi connectivity index (χ1) is 13.9. The van der Waals surface area contributed by atoms with Crippen molar-refractivity contribution in [1.82, 2.24) is 4.90 Å². The molecule has 1 aliphatic heterocycles. The van der Waals surface area contributed by atoms with Crippen LogP contribution in [0.25, 0.3) is 0 Å². The lowest BCUT2D eigenvalue weighted by Crippen LogP contribution is -2.39. The summed E-state index contributed by atoms with van der Waals surface area (Å²) < 4.78 is 0.874. The van der Waals surface area contributed by atoms with Gasteiger partial charge in [-0.1, -0.05) is 47.1 Å². The number of halogens is 1. The van der Waals surface area contributed by atoms with Crippen LogP contribution in [0.1, 0.15) is 18.9 Å². The van der Waals surface area contributed by atoms with Crippen molar-refractivity contribution in [3.05, 3.63) is 58.6 Å². The highest BCUT2D eigenvalue weighted by Gasteiger charge is 2.36. The second-order valence-electron chi connectivity index (χ2n) is 7.14. The van der Waals surface area contributed by atoms with Crippen molar-refractivity contribution in [1.29, 1.82) is 0 Å². The van der Waals surface area contributed by atoms with Gasteiger partial charge in [-0.25, -0.2) is 0 Å². The van der Waals surface area contributed by atoms with E-state index in [2.05, 4.69) is 21.2 Å². The maximum atomic E-state index is 12.8. The summed E-state index contributed by atoms with van der Waals surface area (Å²) in [6.07, 6.45) is 0.955. The lowest BCUT2D eigenvalue weighted by atomic mass is 10.1. The number of nitrogens with zero attached hydrogens (tertiary/aromatic N) is 2. The van der Waals surface area contributed by atoms with E-state index in [0.717, 1.165) is 27.8 Å². The molecule has 0 saturated carbocycles. The van der Waals surface area contributed by atoms with Crippen LogP contribution in [0.5, 0.6) is 0 Å². The highest BCUT2D eigenvalue weighted by Crippen LogP contribution is 2.28. The minimum Gasteiger partial charge on any atom is -0.336 e. The summed E-state index contributed by atoms with van der Waals surface area (Å²) in [7, 11) is 1.60. The standard InChI is InChI=1S/C22H24BrN3O3/c1-3-15-7-4-5-10-19(15)24-20(27)14-25(2)22(29)16-11-21(28)26(13-16)18-9-6-8-17(23)12-18/h4-10,12,16H,3,11,13-14H2,1-2H3,(H,24,27). The van der Waals surface area contributed by atoms with Gasteiger partial charge in [0.25, 0.3) is 0 Å². The third-order valence-corrected chi connectivity index (χ3v) is 5.52. The molecular formula is C22H24BrN3O3. The van der Waals surface area contributed by atoms with E-state index in [4.69, 9.17) is 0 Å². The van der Waals surface area contributed by atoms with Gasteiger partial charge in [0.2, 0.25) is 17.7 Å². The molecule has 6 nitrogen and oxygen atoms in total. The van der Waals surface area contributed by atoms with E-state index in [-0.39, 0.29) is 30.7 Å². The molecule has 2 aromatic carbocycles. The molecule has 0 aromatic heterocycles. The summed E-state index contributed by atoms with van der Waals surface area (Å²) in [4.78, 5) is 40.7. The summed E-state index contributed by atoms with van der Waals surface area (Å²) in [6, 6.07) is 15.0. The van der Waals surface area contributed by atoms with Gasteiger partial charge in [0.05, 0.1) is 12.5 Å². The zero-order chi connectivity index (χ0) is 21.0. The smallest absolute Gasteiger partial charge is 0.243 e. The van der Waals surface area contributed by atoms with Crippen molar-refractivity contribution < 1.29 is 14.4 Å². The summed E-state index contributed by atoms with van der Waals surface area (Å²) in [5, 5.41) is 2.87. The molecule has 0 bridgehead atoms. The predicted octanol–water partition coefficient (Wildman–Crippen LogP) is 3.46. The first-order valence-electron chi connectivity index (χ1n) is 9.57. The van der Waals surface area contributed by atoms with Crippen LogP contribution in [0.15, 0.2) is 53.0 Å². The van der Waals surface area contributed by atoms with Crippen molar-refractivity contribution in [2.75, 3.05) is 30.4 Å². The van der Waals surface area contributed by atoms with E-state index in [1.165, 1.54) is 4.90 Å². The van der Waals surface area contributed by atoms with Gasteiger partial charge in [-0.05, 0) is 36.2 Å². The van der Waals surface area contributed by atoms with Gasteiger partial charge in [0, 0.05) is 35.9 Å². The lowest BCUT2D eigenvalue weighted by molar-refractivity contribution is -0.137. The van der Waals surface area contributed by atoms with Gasteiger partial charge in [0.1, 0.15) is 0 Å². The molecule has 3 rings (SSSR count). The molecule has 152 valence electrons. The first kappa shape index (κ1) is 21.0. The molecule has 2 aromatic rings. The largest absolute Gasteiger partial charge is 0.336 e. The first-order valence-corrected chi connectivity index (χ1v) is 10.4. The second-order valence-corrected chi connectivity index (χ2v) is 8.05. The fraction of sp³-hybridized carbons (Fsp3) is 0.318. The summed E-state index contributed by atoms with van der Waals surface area (Å²) in [5.41, 5.74) is 2.56. The average Bonchev–Trinajstić information content (AvgIpc) is 3.09. The van der Waals surface area contributed by atoms with Crippen molar-refractivity contribution in [3.8, 4) is 0 Å². The van der Waals surface area contributed by atoms with Crippen molar-refractivity contribution in [3.63, 3.8) is 0 Å². The number of carbonyl (C=O) groups is 3. The van der Waals surface area contributed by atoms with Crippen LogP contribution in [0.3, 0.4) is 0 Å². The summed E-state index contributed by atoms with van der Waals surface area (Å²) in [6.45, 7) is 2.28. The molecule has 7 heteroatoms. The molecule has 1 heterocycles. The van der Waals surface area contributed by atoms with Crippen LogP contribution in [0.2, 0.25) is 0 Å². The van der Waals surface area contributed by atoms with Crippen LogP contribution < -0.4 is 10.2 Å². The molecule has 3 amide bonds. The zero-order valence-corrected chi connectivity index (χ0v) is 18.1. The molecule has 1 unspecified atom stereocenters. The summed E-state index contributed by atoms with van der Waals surface area (Å²) >= 11 is 3.40. The number of aryl methyl sites for hydroxylation is 1. The second kappa shape index (κ2) is 9.22. The minimum atomic E-state index is -0.456. The van der Waals surface area contributed by atoms with Crippen molar-refractivity contribution in [2.24, 2.45) is 5.92 Å². The fourth-order valence-corrected chi connectivity index (χ4v) is 3.90. The molecule has 0 aliphatic carbocycles. The third kappa shape index (κ3) is 5.03. The number of para-hydroxylation sites is 1. The minimum absolute atomic E-state index is 0.0571. The number of benzene rings is 2. The Labute approximate surface area is 179 Å². The van der Waals surface area contributed by atoms with Gasteiger partial charge in [-0.15, -0.1) is 0 Å². The fourth-order valence-electron chi connectivity index (χ4n) is 3.51. The normalized spacial score (nSPS) is 16.0. The molecule has 0 spiro atoms. The summed E-state index contributed by atoms with van der Waals surface area (Å²) in [5.74, 6) is -0.997. The van der Waals surface area contributed by atoms with Crippen molar-refractivity contribution in [2.45, 2.75) is 19.8 Å². The number of rotatable bonds is 6. The van der Waals surface area contributed by atoms with E-state index in [9.17, 15) is 14.4 Å². The highest BCUT2D eigenvalue weighted by molar-refractivity contribution is 9.10. The zero-order valence-electron chi connectivity index (χ0n) is 16.5. The third-order valence-electron chi connectivity index (χ3n) is 5.02. The van der Waals surface area contributed by atoms with Crippen LogP contribution in [-0.4, -0.2) is 42.8 Å². The SMILES string of the molecule is CCc1ccccc1NC(=O)CN(C)C(=O)C1CC(=O)N(c2cccc(Br)c2)C1. The van der Waals surface area contributed by atoms with E-state index >= 15 is 0 Å². The quantitative estimate of drug-likeness (QED) is 0.721. The molecule has 1 aliphatic rings. The van der Waals surface area contributed by atoms with Gasteiger partial charge < -0.3 is 15.1 Å². The molecule has 1 saturated heterocycles. The Morgan fingerprint density at radius 2 is 1.97 bits per heavy atom. The van der Waals surface area contributed by atoms with Crippen LogP contribution in [0, 0.1) is 5.92 Å². The van der Waals surface area contributed by atoms with E-state index in [1.54, 1.807) is 11.9 Å². The molecule has 1 N–H and O–H groups in total. The Morgan fingerprint density at radius 1 is 1.21 bits per heavy atom. The maximum Gasteiger partial charge on any atom is 0.243 e. The molecule has 29 heavy (non-hydrogen) atoms. The Kier molecular flexibility index (Phi) is 6.69. The predicted molar refractivity (Wildman–Crippen MR) is 117 cm³/mol. The maximum absolute atomic E-state index is 12.8. The number of likely N-dealkylation sites (N-methyl/N-ethyl adjacent to an activating group) is 1. The number of carbonyl (C=O) groups excluding carboxylic acids is 3. The Hall–Kier alpha value is -2.67. The Balaban J connectivity index is 1.60. The van der Waals surface area contributed by atoms with Gasteiger partial charge in [-0.2, -0.15) is 0 Å². The average molecular weight is 458 g/mol. The molecule has 0 radical (unpaired) electrons. The van der Waals surface area contributed by atoms with Gasteiger partial charge in [-0.3, -0.25) is 14.4 Å². The number of hydrogen-bond donors (Lipinski definition) is 1. The van der Waals surface area contributed by atoms with Crippen LogP contribution in [-0.2, 0) is 20.8 Å². The lowest BCUT2D eigenvalue weighted by Gasteiger charge is -2.21. The molecule has 1 atom stereocenters. The highest BCUT2D eigenvalue weighted by atomic mass is 79.9. The Morgan fingerprint density at radius 3 is 2.69 bits per heavy atom. The molecule has 1 fully saturated rings. The van der Waals surface area contributed by atoms with Crippen molar-refractivity contribution >= 4 is 45.0 Å². The van der Waals surface area contributed by atoms with E-state index in [1.807, 2.05) is 55.5 Å². The van der Waals surface area contributed by atoms with Gasteiger partial charge >= 0.3 is 0 Å². The van der Waals surface area contributed by atoms with E-state index in [0.29, 0.717) is 6.54 Å². The number of amides is 3. The van der Waals surface area contributed by atoms with E-state index < -0.39 is 5.92 Å². The number of anilines is 2. The number of nitrogens with one attached hydrogen (secondary N) is 1. The monoisotopic (exact) mass is 457 g/mol. The van der Waals surface area contributed by atoms with Crippen LogP contribution >= 0.6 is 15.9 Å². The van der Waals surface area contributed by atoms with Crippen LogP contribution in [0.4, 0.5) is 11.4 Å².